The van der Waals surface area contributed by atoms with Crippen molar-refractivity contribution >= 4 is 0 Å². The lowest BCUT2D eigenvalue weighted by atomic mass is 10.3. The Morgan fingerprint density at radius 3 is 2.41 bits per heavy atom. The Hall–Kier alpha value is -0.240. The van der Waals surface area contributed by atoms with Gasteiger partial charge < -0.3 is 24.3 Å². The molecule has 2 heterocycles. The average Bonchev–Trinajstić information content (AvgIpc) is 2.97. The highest BCUT2D eigenvalue weighted by Crippen LogP contribution is 2.27. The van der Waals surface area contributed by atoms with Crippen molar-refractivity contribution in [1.29, 1.82) is 0 Å². The second-order valence-electron chi connectivity index (χ2n) is 4.31. The third-order valence-electron chi connectivity index (χ3n) is 3.12. The maximum atomic E-state index is 5.77. The van der Waals surface area contributed by atoms with Crippen molar-refractivity contribution in [1.82, 2.24) is 10.2 Å². The van der Waals surface area contributed by atoms with Gasteiger partial charge in [-0.05, 0) is 14.1 Å². The standard InChI is InChI=1S/C11H22N2O4/c1-12-4-3-11(16-7-8-17-11)13(2)9-10-14-5-6-15-10/h10,12H,3-9H2,1-2H3. The molecule has 2 saturated heterocycles. The van der Waals surface area contributed by atoms with Gasteiger partial charge in [-0.15, -0.1) is 0 Å². The zero-order valence-corrected chi connectivity index (χ0v) is 10.6. The number of likely N-dealkylation sites (N-methyl/N-ethyl adjacent to an activating group) is 1. The highest BCUT2D eigenvalue weighted by atomic mass is 16.8. The molecule has 0 atom stereocenters. The van der Waals surface area contributed by atoms with Gasteiger partial charge in [-0.2, -0.15) is 0 Å². The number of ether oxygens (including phenoxy) is 4. The van der Waals surface area contributed by atoms with Gasteiger partial charge in [-0.25, -0.2) is 0 Å². The number of rotatable bonds is 6. The predicted molar refractivity (Wildman–Crippen MR) is 61.5 cm³/mol. The lowest BCUT2D eigenvalue weighted by molar-refractivity contribution is -0.265. The first-order chi connectivity index (χ1) is 8.27. The third-order valence-corrected chi connectivity index (χ3v) is 3.12. The van der Waals surface area contributed by atoms with Crippen LogP contribution in [0.25, 0.3) is 0 Å². The molecule has 0 radical (unpaired) electrons. The van der Waals surface area contributed by atoms with Gasteiger partial charge in [-0.3, -0.25) is 4.90 Å². The summed E-state index contributed by atoms with van der Waals surface area (Å²) < 4.78 is 22.4. The smallest absolute Gasteiger partial charge is 0.231 e. The summed E-state index contributed by atoms with van der Waals surface area (Å²) in [6.45, 7) is 4.12. The van der Waals surface area contributed by atoms with E-state index in [-0.39, 0.29) is 6.29 Å². The van der Waals surface area contributed by atoms with E-state index in [0.29, 0.717) is 33.0 Å². The number of nitrogens with zero attached hydrogens (tertiary/aromatic N) is 1. The maximum absolute atomic E-state index is 5.77. The third kappa shape index (κ3) is 3.15. The molecule has 1 N–H and O–H groups in total. The Balaban J connectivity index is 1.89. The normalized spacial score (nSPS) is 24.9. The fourth-order valence-electron chi connectivity index (χ4n) is 2.16. The Morgan fingerprint density at radius 2 is 1.82 bits per heavy atom. The first kappa shape index (κ1) is 13.2. The fourth-order valence-corrected chi connectivity index (χ4v) is 2.16. The van der Waals surface area contributed by atoms with Crippen molar-refractivity contribution in [2.24, 2.45) is 0 Å². The summed E-state index contributed by atoms with van der Waals surface area (Å²) in [5, 5.41) is 3.12. The molecule has 6 heteroatoms. The van der Waals surface area contributed by atoms with E-state index in [9.17, 15) is 0 Å². The van der Waals surface area contributed by atoms with Crippen LogP contribution in [0.5, 0.6) is 0 Å². The van der Waals surface area contributed by atoms with Gasteiger partial charge >= 0.3 is 0 Å². The molecule has 6 nitrogen and oxygen atoms in total. The van der Waals surface area contributed by atoms with Crippen molar-refractivity contribution in [3.63, 3.8) is 0 Å². The van der Waals surface area contributed by atoms with Gasteiger partial charge in [0.1, 0.15) is 0 Å². The molecule has 2 aliphatic heterocycles. The summed E-state index contributed by atoms with van der Waals surface area (Å²) in [7, 11) is 3.90. The molecule has 0 aromatic rings. The van der Waals surface area contributed by atoms with E-state index < -0.39 is 5.91 Å². The highest BCUT2D eigenvalue weighted by Gasteiger charge is 2.41. The van der Waals surface area contributed by atoms with Gasteiger partial charge in [0, 0.05) is 13.0 Å². The molecule has 0 bridgehead atoms. The minimum absolute atomic E-state index is 0.167. The molecule has 0 spiro atoms. The van der Waals surface area contributed by atoms with E-state index >= 15 is 0 Å². The van der Waals surface area contributed by atoms with Crippen LogP contribution < -0.4 is 5.32 Å². The van der Waals surface area contributed by atoms with E-state index in [2.05, 4.69) is 5.32 Å². The summed E-state index contributed by atoms with van der Waals surface area (Å²) in [5.74, 6) is -0.627. The molecule has 100 valence electrons. The van der Waals surface area contributed by atoms with Crippen LogP contribution in [0.4, 0.5) is 0 Å². The Labute approximate surface area is 102 Å². The number of hydrogen-bond acceptors (Lipinski definition) is 6. The van der Waals surface area contributed by atoms with E-state index in [0.717, 1.165) is 13.0 Å². The van der Waals surface area contributed by atoms with Crippen LogP contribution in [-0.4, -0.2) is 70.7 Å². The van der Waals surface area contributed by atoms with Gasteiger partial charge in [0.05, 0.1) is 33.0 Å². The quantitative estimate of drug-likeness (QED) is 0.688. The van der Waals surface area contributed by atoms with E-state index in [1.54, 1.807) is 0 Å². The first-order valence-corrected chi connectivity index (χ1v) is 6.14. The van der Waals surface area contributed by atoms with Gasteiger partial charge in [0.2, 0.25) is 5.91 Å². The molecule has 0 saturated carbocycles. The second-order valence-corrected chi connectivity index (χ2v) is 4.31. The number of hydrogen-bond donors (Lipinski definition) is 1. The fraction of sp³-hybridized carbons (Fsp3) is 1.00. The van der Waals surface area contributed by atoms with Crippen LogP contribution in [0.3, 0.4) is 0 Å². The summed E-state index contributed by atoms with van der Waals surface area (Å²) >= 11 is 0. The van der Waals surface area contributed by atoms with Crippen LogP contribution in [0, 0.1) is 0 Å². The lowest BCUT2D eigenvalue weighted by Crippen LogP contribution is -2.51. The Morgan fingerprint density at radius 1 is 1.18 bits per heavy atom. The van der Waals surface area contributed by atoms with Crippen molar-refractivity contribution in [2.75, 3.05) is 53.6 Å². The number of nitrogens with one attached hydrogen (secondary N) is 1. The van der Waals surface area contributed by atoms with Gasteiger partial charge in [0.15, 0.2) is 6.29 Å². The molecular formula is C11H22N2O4. The topological polar surface area (TPSA) is 52.2 Å². The molecular weight excluding hydrogens is 224 g/mol. The molecule has 0 unspecified atom stereocenters. The van der Waals surface area contributed by atoms with E-state index in [4.69, 9.17) is 18.9 Å². The SMILES string of the molecule is CNCCC1(N(C)CC2OCCO2)OCCO1. The summed E-state index contributed by atoms with van der Waals surface area (Å²) in [5.41, 5.74) is 0. The first-order valence-electron chi connectivity index (χ1n) is 6.14. The van der Waals surface area contributed by atoms with Crippen LogP contribution in [0.1, 0.15) is 6.42 Å². The predicted octanol–water partition coefficient (Wildman–Crippen LogP) is -0.399. The molecule has 0 aromatic heterocycles. The molecule has 2 aliphatic rings. The molecule has 2 rings (SSSR count). The molecule has 2 fully saturated rings. The average molecular weight is 246 g/mol. The Kier molecular flexibility index (Phi) is 4.72. The maximum Gasteiger partial charge on any atom is 0.231 e. The lowest BCUT2D eigenvalue weighted by Gasteiger charge is -2.37. The highest BCUT2D eigenvalue weighted by molar-refractivity contribution is 4.76. The minimum Gasteiger partial charge on any atom is -0.349 e. The summed E-state index contributed by atoms with van der Waals surface area (Å²) in [4.78, 5) is 2.04. The summed E-state index contributed by atoms with van der Waals surface area (Å²) in [6, 6.07) is 0. The van der Waals surface area contributed by atoms with Gasteiger partial charge in [-0.1, -0.05) is 0 Å². The van der Waals surface area contributed by atoms with Crippen molar-refractivity contribution < 1.29 is 18.9 Å². The monoisotopic (exact) mass is 246 g/mol. The molecule has 0 amide bonds. The van der Waals surface area contributed by atoms with Crippen molar-refractivity contribution in [3.8, 4) is 0 Å². The molecule has 0 aromatic carbocycles. The minimum atomic E-state index is -0.627. The van der Waals surface area contributed by atoms with Crippen molar-refractivity contribution in [2.45, 2.75) is 18.6 Å². The summed E-state index contributed by atoms with van der Waals surface area (Å²) in [6.07, 6.45) is 0.617. The van der Waals surface area contributed by atoms with E-state index in [1.165, 1.54) is 0 Å². The van der Waals surface area contributed by atoms with E-state index in [1.807, 2.05) is 19.0 Å². The Bertz CT molecular complexity index is 228. The van der Waals surface area contributed by atoms with Crippen LogP contribution in [0.15, 0.2) is 0 Å². The van der Waals surface area contributed by atoms with Crippen LogP contribution in [0.2, 0.25) is 0 Å². The van der Waals surface area contributed by atoms with Gasteiger partial charge in [0.25, 0.3) is 0 Å². The van der Waals surface area contributed by atoms with Crippen molar-refractivity contribution in [3.05, 3.63) is 0 Å². The zero-order chi connectivity index (χ0) is 12.1. The second kappa shape index (κ2) is 6.08. The molecule has 17 heavy (non-hydrogen) atoms. The molecule has 0 aliphatic carbocycles. The van der Waals surface area contributed by atoms with Crippen LogP contribution >= 0.6 is 0 Å². The largest absolute Gasteiger partial charge is 0.349 e. The van der Waals surface area contributed by atoms with Crippen LogP contribution in [-0.2, 0) is 18.9 Å². The zero-order valence-electron chi connectivity index (χ0n) is 10.6.